The highest BCUT2D eigenvalue weighted by atomic mass is 32.2. The molecular formula is C40H32F3N11O11S3. The number of fused-ring (bicyclic) bond motifs is 1. The molecule has 1 amide bonds. The Morgan fingerprint density at radius 2 is 1.49 bits per heavy atom. The predicted octanol–water partition coefficient (Wildman–Crippen LogP) is 7.32. The first-order chi connectivity index (χ1) is 32.3. The molecule has 28 heteroatoms. The molecule has 1 atom stereocenters. The molecule has 352 valence electrons. The second-order valence-electron chi connectivity index (χ2n) is 13.9. The molecule has 0 fully saturated rings. The van der Waals surface area contributed by atoms with Crippen molar-refractivity contribution < 1.29 is 62.1 Å². The lowest BCUT2D eigenvalue weighted by Gasteiger charge is -2.15. The number of anilines is 7. The third-order valence-electron chi connectivity index (χ3n) is 9.17. The lowest BCUT2D eigenvalue weighted by molar-refractivity contribution is 0.102. The number of hydrogen-bond donors (Lipinski definition) is 7. The molecule has 0 radical (unpaired) electrons. The molecule has 0 bridgehead atoms. The Balaban J connectivity index is 1.14. The van der Waals surface area contributed by atoms with Crippen molar-refractivity contribution in [3.8, 4) is 5.75 Å². The predicted molar refractivity (Wildman–Crippen MR) is 237 cm³/mol. The summed E-state index contributed by atoms with van der Waals surface area (Å²) in [4.78, 5) is 30.6. The molecule has 0 saturated heterocycles. The number of rotatable bonds is 17. The summed E-state index contributed by atoms with van der Waals surface area (Å²) in [6.07, 6.45) is -0.437. The summed E-state index contributed by atoms with van der Waals surface area (Å²) in [7, 11) is -8.42. The van der Waals surface area contributed by atoms with E-state index in [1.165, 1.54) is 50.4 Å². The number of amides is 1. The molecule has 2 heterocycles. The molecule has 7 aromatic rings. The first-order valence-corrected chi connectivity index (χ1v) is 23.0. The number of nitrogens with zero attached hydrogens (tertiary/aromatic N) is 7. The van der Waals surface area contributed by atoms with E-state index in [-0.39, 0.29) is 69.8 Å². The normalized spacial score (nSPS) is 12.3. The van der Waals surface area contributed by atoms with Gasteiger partial charge < -0.3 is 31.1 Å². The third-order valence-corrected chi connectivity index (χ3v) is 11.9. The summed E-state index contributed by atoms with van der Waals surface area (Å²) in [6, 6.07) is 17.8. The van der Waals surface area contributed by atoms with Gasteiger partial charge in [-0.15, -0.1) is 10.2 Å². The van der Waals surface area contributed by atoms with Crippen LogP contribution in [-0.4, -0.2) is 86.4 Å². The topological polar surface area (TPSA) is 319 Å². The maximum Gasteiger partial charge on any atom is 0.315 e. The van der Waals surface area contributed by atoms with Gasteiger partial charge in [-0.3, -0.25) is 18.1 Å². The minimum Gasteiger partial charge on any atom is -0.505 e. The van der Waals surface area contributed by atoms with Gasteiger partial charge in [-0.1, -0.05) is 6.07 Å². The van der Waals surface area contributed by atoms with E-state index in [1.54, 1.807) is 18.2 Å². The molecule has 7 N–H and O–H groups in total. The Bertz CT molecular complexity index is 3390. The fourth-order valence-corrected chi connectivity index (χ4v) is 8.04. The zero-order chi connectivity index (χ0) is 48.9. The Morgan fingerprint density at radius 1 is 0.794 bits per heavy atom. The van der Waals surface area contributed by atoms with Gasteiger partial charge in [0.05, 0.1) is 28.7 Å². The smallest absolute Gasteiger partial charge is 0.315 e. The lowest BCUT2D eigenvalue weighted by Crippen LogP contribution is -2.13. The average Bonchev–Trinajstić information content (AvgIpc) is 3.27. The van der Waals surface area contributed by atoms with Gasteiger partial charge in [0.25, 0.3) is 32.1 Å². The number of halogens is 3. The SMILES string of the molecule is COCCOS(=O)c1cccc(Nc2nc(F)nc(Nc3ccc(C(=O)Nc4cc(S(=O)(=O)O)cc5cc(C)c(N=Nc6cc(Nc7ncnc(F)c7F)ccc6S(=O)(=O)O)c(O)c45)cc3)n2)c1. The number of aromatic hydroxyl groups is 1. The van der Waals surface area contributed by atoms with Gasteiger partial charge in [-0.2, -0.15) is 45.0 Å². The van der Waals surface area contributed by atoms with Crippen LogP contribution in [0.1, 0.15) is 15.9 Å². The highest BCUT2D eigenvalue weighted by molar-refractivity contribution is 7.86. The van der Waals surface area contributed by atoms with Crippen LogP contribution in [0.5, 0.6) is 5.75 Å². The molecule has 0 aliphatic carbocycles. The summed E-state index contributed by atoms with van der Waals surface area (Å²) in [6.45, 7) is 1.72. The van der Waals surface area contributed by atoms with Crippen molar-refractivity contribution in [1.82, 2.24) is 24.9 Å². The van der Waals surface area contributed by atoms with Crippen molar-refractivity contribution in [2.45, 2.75) is 21.6 Å². The number of benzene rings is 5. The fourth-order valence-electron chi connectivity index (χ4n) is 6.12. The zero-order valence-electron chi connectivity index (χ0n) is 34.7. The number of carbonyl (C=O) groups excluding carboxylic acids is 1. The summed E-state index contributed by atoms with van der Waals surface area (Å²) in [5.41, 5.74) is -0.657. The zero-order valence-corrected chi connectivity index (χ0v) is 37.1. The molecule has 5 aromatic carbocycles. The number of carbonyl (C=O) groups is 1. The van der Waals surface area contributed by atoms with Crippen LogP contribution in [0.4, 0.5) is 65.0 Å². The number of methoxy groups -OCH3 is 1. The van der Waals surface area contributed by atoms with Crippen LogP contribution in [0.25, 0.3) is 10.8 Å². The minimum atomic E-state index is -4.98. The van der Waals surface area contributed by atoms with Gasteiger partial charge in [0.1, 0.15) is 22.6 Å². The highest BCUT2D eigenvalue weighted by Gasteiger charge is 2.23. The largest absolute Gasteiger partial charge is 0.505 e. The van der Waals surface area contributed by atoms with Gasteiger partial charge in [-0.25, -0.2) is 14.2 Å². The van der Waals surface area contributed by atoms with E-state index in [9.17, 15) is 53.2 Å². The molecule has 1 unspecified atom stereocenters. The summed E-state index contributed by atoms with van der Waals surface area (Å²) in [5.74, 6) is -5.61. The van der Waals surface area contributed by atoms with E-state index in [2.05, 4.69) is 56.4 Å². The molecule has 0 aliphatic heterocycles. The van der Waals surface area contributed by atoms with E-state index in [1.807, 2.05) is 0 Å². The van der Waals surface area contributed by atoms with E-state index in [4.69, 9.17) is 8.92 Å². The molecule has 22 nitrogen and oxygen atoms in total. The van der Waals surface area contributed by atoms with Gasteiger partial charge in [-0.05, 0) is 96.7 Å². The molecule has 7 rings (SSSR count). The first-order valence-electron chi connectivity index (χ1n) is 19.0. The van der Waals surface area contributed by atoms with Crippen molar-refractivity contribution in [3.05, 3.63) is 120 Å². The van der Waals surface area contributed by atoms with Crippen molar-refractivity contribution in [1.29, 1.82) is 0 Å². The van der Waals surface area contributed by atoms with E-state index in [0.29, 0.717) is 10.6 Å². The number of phenolic OH excluding ortho intramolecular Hbond substituents is 1. The fraction of sp³-hybridized carbons (Fsp3) is 0.100. The maximum atomic E-state index is 14.5. The maximum absolute atomic E-state index is 14.5. The Hall–Kier alpha value is -7.60. The number of azo groups is 1. The van der Waals surface area contributed by atoms with Gasteiger partial charge in [0, 0.05) is 35.1 Å². The van der Waals surface area contributed by atoms with Gasteiger partial charge in [0.2, 0.25) is 17.7 Å². The number of nitrogens with one attached hydrogen (secondary N) is 4. The molecular weight excluding hydrogens is 964 g/mol. The first kappa shape index (κ1) is 48.3. The second kappa shape index (κ2) is 20.1. The van der Waals surface area contributed by atoms with Crippen molar-refractivity contribution >= 4 is 99.8 Å². The monoisotopic (exact) mass is 995 g/mol. The van der Waals surface area contributed by atoms with Gasteiger partial charge in [0.15, 0.2) is 22.6 Å². The standard InChI is InChI=1S/C40H32F3N11O11S3/c1-20-14-22-15-27(67(58,59)60)18-29(31(22)34(55)33(20)54-53-28-17-25(10-11-30(28)68(61,62)63)46-36-32(41)35(42)44-19-45-36)49-37(56)21-6-8-23(9-7-21)47-39-50-38(43)51-40(52-39)48-24-4-3-5-26(16-24)66(57)65-13-12-64-2/h3-11,14-19,55H,12-13H2,1-2H3,(H,49,56)(H,44,45,46)(H,58,59,60)(H,61,62,63)(H2,47,48,50,51,52). The number of aromatic nitrogens is 5. The van der Waals surface area contributed by atoms with Crippen LogP contribution in [0, 0.1) is 24.8 Å². The van der Waals surface area contributed by atoms with Crippen LogP contribution in [-0.2, 0) is 40.2 Å². The van der Waals surface area contributed by atoms with Crippen LogP contribution < -0.4 is 21.3 Å². The van der Waals surface area contributed by atoms with Crippen molar-refractivity contribution in [2.24, 2.45) is 10.2 Å². The quantitative estimate of drug-likeness (QED) is 0.0203. The van der Waals surface area contributed by atoms with E-state index >= 15 is 0 Å². The molecule has 2 aromatic heterocycles. The number of ether oxygens (including phenoxy) is 1. The third kappa shape index (κ3) is 11.5. The van der Waals surface area contributed by atoms with Gasteiger partial charge >= 0.3 is 6.08 Å². The molecule has 0 saturated carbocycles. The van der Waals surface area contributed by atoms with Crippen LogP contribution in [0.2, 0.25) is 0 Å². The van der Waals surface area contributed by atoms with Crippen LogP contribution >= 0.6 is 0 Å². The summed E-state index contributed by atoms with van der Waals surface area (Å²) < 4.78 is 134. The van der Waals surface area contributed by atoms with Crippen molar-refractivity contribution in [3.63, 3.8) is 0 Å². The van der Waals surface area contributed by atoms with Crippen LogP contribution in [0.15, 0.2) is 116 Å². The molecule has 0 spiro atoms. The minimum absolute atomic E-state index is 0.0269. The number of phenols is 1. The Morgan fingerprint density at radius 3 is 2.18 bits per heavy atom. The average molecular weight is 996 g/mol. The van der Waals surface area contributed by atoms with E-state index < -0.39 is 82.1 Å². The molecule has 0 aliphatic rings. The van der Waals surface area contributed by atoms with Crippen LogP contribution in [0.3, 0.4) is 0 Å². The lowest BCUT2D eigenvalue weighted by atomic mass is 10.0. The van der Waals surface area contributed by atoms with E-state index in [0.717, 1.165) is 36.7 Å². The number of hydrogen-bond acceptors (Lipinski definition) is 19. The second-order valence-corrected chi connectivity index (χ2v) is 17.8. The number of aryl methyl sites for hydroxylation is 1. The Labute approximate surface area is 384 Å². The highest BCUT2D eigenvalue weighted by Crippen LogP contribution is 2.44. The summed E-state index contributed by atoms with van der Waals surface area (Å²) >= 11 is -1.82. The molecule has 68 heavy (non-hydrogen) atoms. The Kier molecular flexibility index (Phi) is 14.3. The van der Waals surface area contributed by atoms with Crippen molar-refractivity contribution in [2.75, 3.05) is 41.6 Å². The summed E-state index contributed by atoms with van der Waals surface area (Å²) in [5, 5.41) is 29.8.